The molecule has 0 N–H and O–H groups in total. The predicted octanol–water partition coefficient (Wildman–Crippen LogP) is 2.54. The Kier molecular flexibility index (Phi) is 7.01. The summed E-state index contributed by atoms with van der Waals surface area (Å²) < 4.78 is 5.35. The Labute approximate surface area is 81.8 Å². The highest BCUT2D eigenvalue weighted by Crippen LogP contribution is 2.10. The van der Waals surface area contributed by atoms with Crippen LogP contribution in [0.1, 0.15) is 33.1 Å². The Morgan fingerprint density at radius 1 is 1.55 bits per heavy atom. The summed E-state index contributed by atoms with van der Waals surface area (Å²) in [4.78, 5) is 10.9. The van der Waals surface area contributed by atoms with Crippen molar-refractivity contribution in [3.63, 3.8) is 0 Å². The second-order valence-corrected chi connectivity index (χ2v) is 4.19. The largest absolute Gasteiger partial charge is 0.466 e. The van der Waals surface area contributed by atoms with Gasteiger partial charge in [0, 0.05) is 3.92 Å². The van der Waals surface area contributed by atoms with Gasteiger partial charge in [0.25, 0.3) is 0 Å². The van der Waals surface area contributed by atoms with Crippen molar-refractivity contribution in [2.75, 3.05) is 6.61 Å². The summed E-state index contributed by atoms with van der Waals surface area (Å²) in [5.74, 6) is -0.0619. The highest BCUT2D eigenvalue weighted by atomic mass is 127. The number of carbonyl (C=O) groups is 1. The fourth-order valence-electron chi connectivity index (χ4n) is 0.600. The number of alkyl halides is 1. The molecule has 0 bridgehead atoms. The van der Waals surface area contributed by atoms with Crippen molar-refractivity contribution in [3.8, 4) is 0 Å². The van der Waals surface area contributed by atoms with E-state index in [4.69, 9.17) is 4.74 Å². The van der Waals surface area contributed by atoms with Crippen LogP contribution < -0.4 is 0 Å². The number of carbonyl (C=O) groups excluding carboxylic acids is 1. The van der Waals surface area contributed by atoms with Crippen molar-refractivity contribution in [1.82, 2.24) is 0 Å². The minimum atomic E-state index is -0.0619. The van der Waals surface area contributed by atoms with E-state index in [1.807, 2.05) is 6.92 Å². The number of hydrogen-bond acceptors (Lipinski definition) is 2. The van der Waals surface area contributed by atoms with Crippen LogP contribution in [0.15, 0.2) is 0 Å². The molecule has 0 aromatic rings. The average Bonchev–Trinajstić information content (AvgIpc) is 2.00. The molecule has 0 spiro atoms. The van der Waals surface area contributed by atoms with Crippen LogP contribution in [0.5, 0.6) is 0 Å². The maximum Gasteiger partial charge on any atom is 0.306 e. The van der Waals surface area contributed by atoms with Crippen molar-refractivity contribution in [2.24, 2.45) is 0 Å². The molecule has 0 aliphatic rings. The van der Waals surface area contributed by atoms with Gasteiger partial charge >= 0.3 is 5.97 Å². The number of halogens is 1. The van der Waals surface area contributed by atoms with Gasteiger partial charge in [-0.2, -0.15) is 0 Å². The molecule has 0 aliphatic carbocycles. The minimum Gasteiger partial charge on any atom is -0.466 e. The second kappa shape index (κ2) is 6.88. The fraction of sp³-hybridized carbons (Fsp3) is 0.875. The zero-order valence-electron chi connectivity index (χ0n) is 7.10. The van der Waals surface area contributed by atoms with Crippen LogP contribution in [0.2, 0.25) is 0 Å². The van der Waals surface area contributed by atoms with Gasteiger partial charge in [-0.1, -0.05) is 36.4 Å². The molecule has 0 aromatic heterocycles. The Balaban J connectivity index is 3.36. The zero-order chi connectivity index (χ0) is 8.69. The molecule has 0 aliphatic heterocycles. The summed E-state index contributed by atoms with van der Waals surface area (Å²) in [6, 6.07) is 0. The lowest BCUT2D eigenvalue weighted by Gasteiger charge is -2.05. The van der Waals surface area contributed by atoms with Crippen molar-refractivity contribution in [2.45, 2.75) is 37.0 Å². The minimum absolute atomic E-state index is 0.0619. The van der Waals surface area contributed by atoms with Gasteiger partial charge in [0.15, 0.2) is 0 Å². The summed E-state index contributed by atoms with van der Waals surface area (Å²) in [6.45, 7) is 4.63. The molecule has 0 saturated heterocycles. The maximum atomic E-state index is 10.9. The highest BCUT2D eigenvalue weighted by Gasteiger charge is 2.08. The molecule has 0 heterocycles. The van der Waals surface area contributed by atoms with Crippen molar-refractivity contribution >= 4 is 28.6 Å². The predicted molar refractivity (Wildman–Crippen MR) is 54.0 cm³/mol. The lowest BCUT2D eigenvalue weighted by atomic mass is 10.2. The number of ether oxygens (including phenoxy) is 1. The van der Waals surface area contributed by atoms with Crippen molar-refractivity contribution in [3.05, 3.63) is 0 Å². The van der Waals surface area contributed by atoms with E-state index in [0.29, 0.717) is 17.0 Å². The Morgan fingerprint density at radius 2 is 2.18 bits per heavy atom. The molecule has 0 saturated carbocycles. The quantitative estimate of drug-likeness (QED) is 0.436. The molecule has 2 nitrogen and oxygen atoms in total. The summed E-state index contributed by atoms with van der Waals surface area (Å²) in [7, 11) is 0. The first kappa shape index (κ1) is 11.2. The molecule has 0 rings (SSSR count). The van der Waals surface area contributed by atoms with Crippen LogP contribution in [-0.2, 0) is 9.53 Å². The van der Waals surface area contributed by atoms with E-state index in [2.05, 4.69) is 29.5 Å². The van der Waals surface area contributed by atoms with E-state index in [0.717, 1.165) is 12.8 Å². The van der Waals surface area contributed by atoms with E-state index in [1.54, 1.807) is 0 Å². The second-order valence-electron chi connectivity index (χ2n) is 2.43. The molecule has 0 aromatic carbocycles. The molecule has 1 atom stereocenters. The topological polar surface area (TPSA) is 26.3 Å². The van der Waals surface area contributed by atoms with Crippen molar-refractivity contribution in [1.29, 1.82) is 0 Å². The summed E-state index contributed by atoms with van der Waals surface area (Å²) in [5.41, 5.74) is 0. The van der Waals surface area contributed by atoms with Crippen LogP contribution in [0.25, 0.3) is 0 Å². The normalized spacial score (nSPS) is 12.6. The van der Waals surface area contributed by atoms with E-state index < -0.39 is 0 Å². The van der Waals surface area contributed by atoms with Crippen LogP contribution in [0.3, 0.4) is 0 Å². The fourth-order valence-corrected chi connectivity index (χ4v) is 0.960. The van der Waals surface area contributed by atoms with Crippen molar-refractivity contribution < 1.29 is 9.53 Å². The molecule has 3 heteroatoms. The van der Waals surface area contributed by atoms with E-state index >= 15 is 0 Å². The van der Waals surface area contributed by atoms with Crippen LogP contribution >= 0.6 is 22.6 Å². The molecule has 66 valence electrons. The van der Waals surface area contributed by atoms with Gasteiger partial charge in [-0.15, -0.1) is 0 Å². The first-order valence-electron chi connectivity index (χ1n) is 4.00. The molecule has 0 fully saturated rings. The number of esters is 1. The van der Waals surface area contributed by atoms with Gasteiger partial charge in [0.05, 0.1) is 13.0 Å². The number of hydrogen-bond donors (Lipinski definition) is 0. The zero-order valence-corrected chi connectivity index (χ0v) is 9.26. The van der Waals surface area contributed by atoms with Gasteiger partial charge in [-0.25, -0.2) is 0 Å². The summed E-state index contributed by atoms with van der Waals surface area (Å²) >= 11 is 2.27. The van der Waals surface area contributed by atoms with Gasteiger partial charge in [-0.3, -0.25) is 4.79 Å². The average molecular weight is 270 g/mol. The molecule has 1 unspecified atom stereocenters. The van der Waals surface area contributed by atoms with Gasteiger partial charge < -0.3 is 4.74 Å². The smallest absolute Gasteiger partial charge is 0.306 e. The summed E-state index contributed by atoms with van der Waals surface area (Å²) in [6.07, 6.45) is 2.49. The molecular formula is C8H15IO2. The third-order valence-corrected chi connectivity index (χ3v) is 2.62. The van der Waals surface area contributed by atoms with E-state index in [1.165, 1.54) is 0 Å². The molecule has 0 radical (unpaired) electrons. The summed E-state index contributed by atoms with van der Waals surface area (Å²) in [5, 5.41) is 0. The highest BCUT2D eigenvalue weighted by molar-refractivity contribution is 14.1. The Morgan fingerprint density at radius 3 is 2.64 bits per heavy atom. The Hall–Kier alpha value is 0.200. The molecule has 0 amide bonds. The lowest BCUT2D eigenvalue weighted by molar-refractivity contribution is -0.143. The van der Waals surface area contributed by atoms with Gasteiger partial charge in [0.2, 0.25) is 0 Å². The third-order valence-electron chi connectivity index (χ3n) is 1.30. The van der Waals surface area contributed by atoms with Crippen LogP contribution in [0.4, 0.5) is 0 Å². The van der Waals surface area contributed by atoms with Gasteiger partial charge in [0.1, 0.15) is 0 Å². The maximum absolute atomic E-state index is 10.9. The first-order valence-corrected chi connectivity index (χ1v) is 5.25. The van der Waals surface area contributed by atoms with E-state index in [9.17, 15) is 4.79 Å². The molecular weight excluding hydrogens is 255 g/mol. The molecule has 11 heavy (non-hydrogen) atoms. The van der Waals surface area contributed by atoms with E-state index in [-0.39, 0.29) is 5.97 Å². The first-order chi connectivity index (χ1) is 5.20. The SMILES string of the molecule is CCCOC(=O)CC(I)CC. The standard InChI is InChI=1S/C8H15IO2/c1-3-5-11-8(10)6-7(9)4-2/h7H,3-6H2,1-2H3. The Bertz CT molecular complexity index is 115. The monoisotopic (exact) mass is 270 g/mol. The number of rotatable bonds is 5. The van der Waals surface area contributed by atoms with Crippen LogP contribution in [-0.4, -0.2) is 16.5 Å². The third kappa shape index (κ3) is 6.59. The van der Waals surface area contributed by atoms with Gasteiger partial charge in [-0.05, 0) is 12.8 Å². The van der Waals surface area contributed by atoms with Crippen LogP contribution in [0, 0.1) is 0 Å². The lowest BCUT2D eigenvalue weighted by Crippen LogP contribution is -2.10.